The largest absolute Gasteiger partial charge is 0.507 e. The summed E-state index contributed by atoms with van der Waals surface area (Å²) < 4.78 is 0. The maximum absolute atomic E-state index is 12.2. The van der Waals surface area contributed by atoms with Gasteiger partial charge in [-0.15, -0.1) is 0 Å². The molecule has 0 saturated heterocycles. The fraction of sp³-hybridized carbons (Fsp3) is 0.385. The van der Waals surface area contributed by atoms with Crippen molar-refractivity contribution in [1.82, 2.24) is 9.80 Å². The zero-order valence-electron chi connectivity index (χ0n) is 11.2. The zero-order chi connectivity index (χ0) is 14.6. The van der Waals surface area contributed by atoms with E-state index in [-0.39, 0.29) is 23.8 Å². The summed E-state index contributed by atoms with van der Waals surface area (Å²) in [5.74, 6) is -0.750. The summed E-state index contributed by atoms with van der Waals surface area (Å²) >= 11 is 5.81. The third kappa shape index (κ3) is 3.86. The number of aromatic hydroxyl groups is 1. The van der Waals surface area contributed by atoms with Crippen LogP contribution in [-0.4, -0.2) is 53.9 Å². The van der Waals surface area contributed by atoms with Crippen molar-refractivity contribution in [2.24, 2.45) is 0 Å². The van der Waals surface area contributed by atoms with Crippen LogP contribution in [0.25, 0.3) is 0 Å². The van der Waals surface area contributed by atoms with Crippen LogP contribution in [0.2, 0.25) is 5.02 Å². The molecule has 0 aliphatic rings. The first-order chi connectivity index (χ1) is 8.86. The highest BCUT2D eigenvalue weighted by atomic mass is 35.5. The molecule has 0 radical (unpaired) electrons. The van der Waals surface area contributed by atoms with Crippen LogP contribution in [-0.2, 0) is 4.79 Å². The molecule has 0 spiro atoms. The van der Waals surface area contributed by atoms with Gasteiger partial charge in [-0.25, -0.2) is 0 Å². The van der Waals surface area contributed by atoms with Crippen molar-refractivity contribution < 1.29 is 14.7 Å². The Kier molecular flexibility index (Phi) is 5.18. The second-order valence-corrected chi connectivity index (χ2v) is 4.71. The van der Waals surface area contributed by atoms with E-state index in [1.807, 2.05) is 0 Å². The molecule has 1 rings (SSSR count). The third-order valence-electron chi connectivity index (χ3n) is 2.68. The number of amides is 2. The van der Waals surface area contributed by atoms with E-state index in [9.17, 15) is 14.7 Å². The first kappa shape index (κ1) is 15.3. The number of halogens is 1. The summed E-state index contributed by atoms with van der Waals surface area (Å²) in [6, 6.07) is 4.24. The van der Waals surface area contributed by atoms with Crippen molar-refractivity contribution in [1.29, 1.82) is 0 Å². The van der Waals surface area contributed by atoms with Gasteiger partial charge in [0.05, 0.1) is 12.1 Å². The molecule has 1 N–H and O–H groups in total. The number of phenolic OH excluding ortho intramolecular Hbond substituents is 1. The molecule has 104 valence electrons. The molecule has 0 unspecified atom stereocenters. The van der Waals surface area contributed by atoms with Gasteiger partial charge in [-0.2, -0.15) is 0 Å². The molecular formula is C13H17ClN2O3. The van der Waals surface area contributed by atoms with E-state index in [0.29, 0.717) is 11.6 Å². The molecule has 0 aliphatic heterocycles. The molecule has 2 amide bonds. The lowest BCUT2D eigenvalue weighted by molar-refractivity contribution is -0.129. The van der Waals surface area contributed by atoms with Crippen LogP contribution in [0.3, 0.4) is 0 Å². The predicted octanol–water partition coefficient (Wildman–Crippen LogP) is 1.60. The van der Waals surface area contributed by atoms with Crippen LogP contribution >= 0.6 is 11.6 Å². The van der Waals surface area contributed by atoms with E-state index >= 15 is 0 Å². The van der Waals surface area contributed by atoms with Crippen LogP contribution in [0.15, 0.2) is 18.2 Å². The summed E-state index contributed by atoms with van der Waals surface area (Å²) in [6.45, 7) is 2.10. The van der Waals surface area contributed by atoms with Gasteiger partial charge < -0.3 is 14.9 Å². The minimum atomic E-state index is -0.419. The normalized spacial score (nSPS) is 10.1. The van der Waals surface area contributed by atoms with E-state index < -0.39 is 5.91 Å². The molecule has 6 heteroatoms. The number of phenols is 1. The van der Waals surface area contributed by atoms with Crippen molar-refractivity contribution in [3.05, 3.63) is 28.8 Å². The smallest absolute Gasteiger partial charge is 0.258 e. The van der Waals surface area contributed by atoms with Crippen molar-refractivity contribution in [3.63, 3.8) is 0 Å². The van der Waals surface area contributed by atoms with Crippen molar-refractivity contribution in [3.8, 4) is 5.75 Å². The van der Waals surface area contributed by atoms with Gasteiger partial charge >= 0.3 is 0 Å². The summed E-state index contributed by atoms with van der Waals surface area (Å²) in [6.07, 6.45) is 0. The number of hydrogen-bond donors (Lipinski definition) is 1. The molecule has 5 nitrogen and oxygen atoms in total. The Morgan fingerprint density at radius 3 is 2.47 bits per heavy atom. The maximum Gasteiger partial charge on any atom is 0.258 e. The quantitative estimate of drug-likeness (QED) is 0.913. The second kappa shape index (κ2) is 6.43. The average Bonchev–Trinajstić information content (AvgIpc) is 2.37. The van der Waals surface area contributed by atoms with Gasteiger partial charge in [-0.1, -0.05) is 11.6 Å². The third-order valence-corrected chi connectivity index (χ3v) is 2.92. The molecule has 0 aromatic heterocycles. The van der Waals surface area contributed by atoms with E-state index in [0.717, 1.165) is 0 Å². The van der Waals surface area contributed by atoms with Crippen LogP contribution < -0.4 is 0 Å². The molecule has 19 heavy (non-hydrogen) atoms. The number of carbonyl (C=O) groups is 2. The number of rotatable bonds is 4. The monoisotopic (exact) mass is 284 g/mol. The highest BCUT2D eigenvalue weighted by Gasteiger charge is 2.21. The second-order valence-electron chi connectivity index (χ2n) is 4.27. The first-order valence-corrected chi connectivity index (χ1v) is 6.22. The highest BCUT2D eigenvalue weighted by molar-refractivity contribution is 6.31. The first-order valence-electron chi connectivity index (χ1n) is 5.84. The van der Waals surface area contributed by atoms with E-state index in [4.69, 9.17) is 11.6 Å². The number of likely N-dealkylation sites (N-methyl/N-ethyl adjacent to an activating group) is 2. The van der Waals surface area contributed by atoms with Gasteiger partial charge in [0, 0.05) is 25.7 Å². The van der Waals surface area contributed by atoms with Gasteiger partial charge in [0.2, 0.25) is 5.91 Å². The summed E-state index contributed by atoms with van der Waals surface area (Å²) in [7, 11) is 3.25. The molecule has 1 aromatic rings. The van der Waals surface area contributed by atoms with Gasteiger partial charge in [-0.05, 0) is 25.1 Å². The molecular weight excluding hydrogens is 268 g/mol. The predicted molar refractivity (Wildman–Crippen MR) is 73.4 cm³/mol. The Hall–Kier alpha value is -1.75. The topological polar surface area (TPSA) is 60.9 Å². The average molecular weight is 285 g/mol. The number of carbonyl (C=O) groups excluding carboxylic acids is 2. The Morgan fingerprint density at radius 1 is 1.32 bits per heavy atom. The number of hydrogen-bond acceptors (Lipinski definition) is 3. The van der Waals surface area contributed by atoms with E-state index in [1.165, 1.54) is 28.0 Å². The molecule has 0 atom stereocenters. The Balaban J connectivity index is 2.95. The molecule has 0 bridgehead atoms. The summed E-state index contributed by atoms with van der Waals surface area (Å²) in [5, 5.41) is 10.0. The van der Waals surface area contributed by atoms with Gasteiger partial charge in [-0.3, -0.25) is 9.59 Å². The van der Waals surface area contributed by atoms with Crippen LogP contribution in [0, 0.1) is 0 Å². The van der Waals surface area contributed by atoms with E-state index in [1.54, 1.807) is 21.0 Å². The minimum absolute atomic E-state index is 0.0334. The fourth-order valence-electron chi connectivity index (χ4n) is 1.48. The summed E-state index contributed by atoms with van der Waals surface area (Å²) in [4.78, 5) is 26.7. The Labute approximate surface area is 117 Å². The van der Waals surface area contributed by atoms with E-state index in [2.05, 4.69) is 0 Å². The standard InChI is InChI=1S/C13H17ClN2O3/c1-4-16(8-12(18)15(2)3)13(19)10-7-9(14)5-6-11(10)17/h5-7,17H,4,8H2,1-3H3. The lowest BCUT2D eigenvalue weighted by atomic mass is 10.1. The van der Waals surface area contributed by atoms with Crippen LogP contribution in [0.1, 0.15) is 17.3 Å². The summed E-state index contributed by atoms with van der Waals surface area (Å²) in [5.41, 5.74) is 0.0981. The highest BCUT2D eigenvalue weighted by Crippen LogP contribution is 2.22. The molecule has 0 heterocycles. The number of nitrogens with zero attached hydrogens (tertiary/aromatic N) is 2. The SMILES string of the molecule is CCN(CC(=O)N(C)C)C(=O)c1cc(Cl)ccc1O. The van der Waals surface area contributed by atoms with Crippen molar-refractivity contribution >= 4 is 23.4 Å². The van der Waals surface area contributed by atoms with Crippen LogP contribution in [0.4, 0.5) is 0 Å². The minimum Gasteiger partial charge on any atom is -0.507 e. The molecule has 1 aromatic carbocycles. The zero-order valence-corrected chi connectivity index (χ0v) is 11.9. The van der Waals surface area contributed by atoms with Gasteiger partial charge in [0.25, 0.3) is 5.91 Å². The fourth-order valence-corrected chi connectivity index (χ4v) is 1.65. The Bertz CT molecular complexity index is 489. The lowest BCUT2D eigenvalue weighted by Gasteiger charge is -2.22. The maximum atomic E-state index is 12.2. The van der Waals surface area contributed by atoms with Crippen molar-refractivity contribution in [2.75, 3.05) is 27.2 Å². The molecule has 0 aliphatic carbocycles. The molecule has 0 saturated carbocycles. The number of benzene rings is 1. The van der Waals surface area contributed by atoms with Crippen molar-refractivity contribution in [2.45, 2.75) is 6.92 Å². The molecule has 0 fully saturated rings. The van der Waals surface area contributed by atoms with Gasteiger partial charge in [0.15, 0.2) is 0 Å². The van der Waals surface area contributed by atoms with Gasteiger partial charge in [0.1, 0.15) is 5.75 Å². The Morgan fingerprint density at radius 2 is 1.95 bits per heavy atom. The van der Waals surface area contributed by atoms with Crippen LogP contribution in [0.5, 0.6) is 5.75 Å². The lowest BCUT2D eigenvalue weighted by Crippen LogP contribution is -2.40.